The molecule has 1 aromatic rings. The number of likely N-dealkylation sites (tertiary alicyclic amines) is 1. The number of thiazole rings is 1. The zero-order valence-corrected chi connectivity index (χ0v) is 15.1. The minimum atomic E-state index is -0.643. The number of aromatic nitrogens is 1. The Kier molecular flexibility index (Phi) is 6.97. The second-order valence-electron chi connectivity index (χ2n) is 5.92. The molecule has 0 radical (unpaired) electrons. The van der Waals surface area contributed by atoms with Crippen LogP contribution in [0.15, 0.2) is 10.9 Å². The van der Waals surface area contributed by atoms with Crippen LogP contribution in [0.1, 0.15) is 18.5 Å². The standard InChI is InChI=1S/C15H22N4O3S.ClH/c16-12(8-11-9-23-10-17-11)14(20)19-3-1-2-13(19)15(21)18-4-6-22-7-5-18;/h9-10,12-13H,1-8,16H2;1H/t12-,13+;/m0./s1. The predicted molar refractivity (Wildman–Crippen MR) is 93.2 cm³/mol. The van der Waals surface area contributed by atoms with Gasteiger partial charge in [0.15, 0.2) is 0 Å². The van der Waals surface area contributed by atoms with Crippen molar-refractivity contribution in [2.75, 3.05) is 32.8 Å². The Hall–Kier alpha value is -1.22. The van der Waals surface area contributed by atoms with Crippen LogP contribution >= 0.6 is 23.7 Å². The largest absolute Gasteiger partial charge is 0.378 e. The predicted octanol–water partition coefficient (Wildman–Crippen LogP) is 0.284. The SMILES string of the molecule is Cl.N[C@@H](Cc1cscn1)C(=O)N1CCC[C@@H]1C(=O)N1CCOCC1. The highest BCUT2D eigenvalue weighted by atomic mass is 35.5. The molecule has 2 atom stereocenters. The van der Waals surface area contributed by atoms with Crippen LogP contribution < -0.4 is 5.73 Å². The molecule has 3 heterocycles. The Morgan fingerprint density at radius 3 is 2.79 bits per heavy atom. The first-order valence-corrected chi connectivity index (χ1v) is 8.91. The summed E-state index contributed by atoms with van der Waals surface area (Å²) in [5.41, 5.74) is 8.61. The van der Waals surface area contributed by atoms with E-state index in [0.717, 1.165) is 12.1 Å². The van der Waals surface area contributed by atoms with E-state index in [-0.39, 0.29) is 30.3 Å². The lowest BCUT2D eigenvalue weighted by molar-refractivity contribution is -0.146. The second kappa shape index (κ2) is 8.75. The van der Waals surface area contributed by atoms with E-state index in [2.05, 4.69) is 4.98 Å². The molecule has 1 aromatic heterocycles. The van der Waals surface area contributed by atoms with Crippen molar-refractivity contribution >= 4 is 35.6 Å². The van der Waals surface area contributed by atoms with Crippen molar-refractivity contribution in [2.24, 2.45) is 5.73 Å². The molecule has 9 heteroatoms. The number of rotatable bonds is 4. The molecule has 2 amide bonds. The van der Waals surface area contributed by atoms with Crippen LogP contribution in [0.4, 0.5) is 0 Å². The molecule has 134 valence electrons. The molecule has 3 rings (SSSR count). The lowest BCUT2D eigenvalue weighted by Crippen LogP contribution is -2.54. The van der Waals surface area contributed by atoms with Gasteiger partial charge in [-0.1, -0.05) is 0 Å². The molecule has 0 aliphatic carbocycles. The lowest BCUT2D eigenvalue weighted by atomic mass is 10.1. The Balaban J connectivity index is 0.00000208. The van der Waals surface area contributed by atoms with E-state index in [1.165, 1.54) is 11.3 Å². The first kappa shape index (κ1) is 19.1. The van der Waals surface area contributed by atoms with Gasteiger partial charge in [0.05, 0.1) is 30.5 Å². The minimum absolute atomic E-state index is 0. The van der Waals surface area contributed by atoms with Crippen LogP contribution in [-0.4, -0.2) is 71.5 Å². The van der Waals surface area contributed by atoms with Crippen molar-refractivity contribution < 1.29 is 14.3 Å². The molecule has 2 N–H and O–H groups in total. The zero-order valence-electron chi connectivity index (χ0n) is 13.4. The van der Waals surface area contributed by atoms with E-state index >= 15 is 0 Å². The average Bonchev–Trinajstić information content (AvgIpc) is 3.25. The Bertz CT molecular complexity index is 551. The van der Waals surface area contributed by atoms with E-state index in [1.54, 1.807) is 15.3 Å². The zero-order chi connectivity index (χ0) is 16.2. The van der Waals surface area contributed by atoms with Gasteiger partial charge in [-0.25, -0.2) is 4.98 Å². The highest BCUT2D eigenvalue weighted by Gasteiger charge is 2.38. The van der Waals surface area contributed by atoms with Crippen LogP contribution in [0.2, 0.25) is 0 Å². The smallest absolute Gasteiger partial charge is 0.245 e. The fourth-order valence-electron chi connectivity index (χ4n) is 3.15. The highest BCUT2D eigenvalue weighted by molar-refractivity contribution is 7.07. The van der Waals surface area contributed by atoms with Crippen molar-refractivity contribution in [1.82, 2.24) is 14.8 Å². The molecule has 24 heavy (non-hydrogen) atoms. The summed E-state index contributed by atoms with van der Waals surface area (Å²) in [6, 6.07) is -1.02. The van der Waals surface area contributed by atoms with E-state index in [9.17, 15) is 9.59 Å². The van der Waals surface area contributed by atoms with Gasteiger partial charge in [0.25, 0.3) is 0 Å². The molecule has 7 nitrogen and oxygen atoms in total. The van der Waals surface area contributed by atoms with Gasteiger partial charge in [-0.3, -0.25) is 9.59 Å². The summed E-state index contributed by atoms with van der Waals surface area (Å²) in [6.45, 7) is 2.93. The molecule has 0 saturated carbocycles. The van der Waals surface area contributed by atoms with E-state index in [1.807, 2.05) is 5.38 Å². The van der Waals surface area contributed by atoms with Crippen LogP contribution in [0.5, 0.6) is 0 Å². The fraction of sp³-hybridized carbons (Fsp3) is 0.667. The summed E-state index contributed by atoms with van der Waals surface area (Å²) in [5.74, 6) is -0.123. The monoisotopic (exact) mass is 374 g/mol. The summed E-state index contributed by atoms with van der Waals surface area (Å²) in [6.07, 6.45) is 1.97. The molecule has 0 spiro atoms. The van der Waals surface area contributed by atoms with Crippen molar-refractivity contribution in [3.8, 4) is 0 Å². The number of carbonyl (C=O) groups is 2. The summed E-state index contributed by atoms with van der Waals surface area (Å²) in [4.78, 5) is 33.0. The normalized spacial score (nSPS) is 22.1. The van der Waals surface area contributed by atoms with Crippen molar-refractivity contribution in [3.05, 3.63) is 16.6 Å². The third kappa shape index (κ3) is 4.24. The molecule has 2 fully saturated rings. The Morgan fingerprint density at radius 2 is 2.12 bits per heavy atom. The molecule has 2 saturated heterocycles. The highest BCUT2D eigenvalue weighted by Crippen LogP contribution is 2.21. The van der Waals surface area contributed by atoms with Gasteiger partial charge in [0.2, 0.25) is 11.8 Å². The first-order chi connectivity index (χ1) is 11.2. The number of amides is 2. The van der Waals surface area contributed by atoms with E-state index < -0.39 is 6.04 Å². The number of hydrogen-bond acceptors (Lipinski definition) is 6. The second-order valence-corrected chi connectivity index (χ2v) is 6.64. The van der Waals surface area contributed by atoms with E-state index in [4.69, 9.17) is 10.5 Å². The first-order valence-electron chi connectivity index (χ1n) is 7.96. The van der Waals surface area contributed by atoms with Crippen molar-refractivity contribution in [3.63, 3.8) is 0 Å². The lowest BCUT2D eigenvalue weighted by Gasteiger charge is -2.33. The summed E-state index contributed by atoms with van der Waals surface area (Å²) < 4.78 is 5.28. The molecule has 2 aliphatic rings. The number of halogens is 1. The Labute approximate surface area is 151 Å². The third-order valence-electron chi connectivity index (χ3n) is 4.37. The number of carbonyl (C=O) groups excluding carboxylic acids is 2. The van der Waals surface area contributed by atoms with E-state index in [0.29, 0.717) is 45.7 Å². The molecular formula is C15H23ClN4O3S. The van der Waals surface area contributed by atoms with Gasteiger partial charge in [-0.15, -0.1) is 23.7 Å². The summed E-state index contributed by atoms with van der Waals surface area (Å²) >= 11 is 1.49. The molecule has 0 bridgehead atoms. The van der Waals surface area contributed by atoms with Crippen molar-refractivity contribution in [1.29, 1.82) is 0 Å². The van der Waals surface area contributed by atoms with Crippen LogP contribution in [0.25, 0.3) is 0 Å². The molecule has 2 aliphatic heterocycles. The maximum Gasteiger partial charge on any atom is 0.245 e. The third-order valence-corrected chi connectivity index (χ3v) is 5.01. The van der Waals surface area contributed by atoms with Crippen LogP contribution in [-0.2, 0) is 20.7 Å². The van der Waals surface area contributed by atoms with Gasteiger partial charge in [-0.05, 0) is 12.8 Å². The number of morpholine rings is 1. The maximum atomic E-state index is 12.7. The number of nitrogens with zero attached hydrogens (tertiary/aromatic N) is 3. The minimum Gasteiger partial charge on any atom is -0.378 e. The fourth-order valence-corrected chi connectivity index (χ4v) is 3.72. The quantitative estimate of drug-likeness (QED) is 0.818. The number of ether oxygens (including phenoxy) is 1. The van der Waals surface area contributed by atoms with Gasteiger partial charge in [0.1, 0.15) is 6.04 Å². The van der Waals surface area contributed by atoms with Crippen molar-refractivity contribution in [2.45, 2.75) is 31.3 Å². The van der Waals surface area contributed by atoms with Gasteiger partial charge >= 0.3 is 0 Å². The average molecular weight is 375 g/mol. The number of hydrogen-bond donors (Lipinski definition) is 1. The topological polar surface area (TPSA) is 88.8 Å². The van der Waals surface area contributed by atoms with Gasteiger partial charge in [-0.2, -0.15) is 0 Å². The summed E-state index contributed by atoms with van der Waals surface area (Å²) in [5, 5.41) is 1.90. The van der Waals surface area contributed by atoms with Crippen LogP contribution in [0.3, 0.4) is 0 Å². The summed E-state index contributed by atoms with van der Waals surface area (Å²) in [7, 11) is 0. The Morgan fingerprint density at radius 1 is 1.38 bits per heavy atom. The molecular weight excluding hydrogens is 352 g/mol. The van der Waals surface area contributed by atoms with Crippen LogP contribution in [0, 0.1) is 0 Å². The number of nitrogens with two attached hydrogens (primary N) is 1. The van der Waals surface area contributed by atoms with Gasteiger partial charge < -0.3 is 20.3 Å². The molecule has 0 aromatic carbocycles. The molecule has 0 unspecified atom stereocenters. The maximum absolute atomic E-state index is 12.7. The van der Waals surface area contributed by atoms with Gasteiger partial charge in [0, 0.05) is 31.4 Å².